The van der Waals surface area contributed by atoms with Gasteiger partial charge in [0.25, 0.3) is 5.89 Å². The fourth-order valence-corrected chi connectivity index (χ4v) is 1.31. The van der Waals surface area contributed by atoms with Crippen molar-refractivity contribution in [2.75, 3.05) is 26.8 Å². The minimum atomic E-state index is -0.123. The Labute approximate surface area is 81.6 Å². The second-order valence-electron chi connectivity index (χ2n) is 3.05. The van der Waals surface area contributed by atoms with Crippen LogP contribution in [0, 0.1) is 0 Å². The highest BCUT2D eigenvalue weighted by molar-refractivity contribution is 4.91. The normalized spacial score (nSPS) is 22.5. The molecule has 2 heterocycles. The van der Waals surface area contributed by atoms with Crippen LogP contribution in [0.4, 0.5) is 0 Å². The Bertz CT molecular complexity index is 283. The first kappa shape index (κ1) is 9.57. The van der Waals surface area contributed by atoms with Gasteiger partial charge in [-0.25, -0.2) is 0 Å². The summed E-state index contributed by atoms with van der Waals surface area (Å²) in [6.45, 7) is 2.63. The van der Waals surface area contributed by atoms with Gasteiger partial charge >= 0.3 is 0 Å². The van der Waals surface area contributed by atoms with Crippen LogP contribution in [0.15, 0.2) is 4.52 Å². The number of nitrogens with one attached hydrogen (secondary N) is 1. The van der Waals surface area contributed by atoms with Crippen LogP contribution >= 0.6 is 0 Å². The lowest BCUT2D eigenvalue weighted by Gasteiger charge is -2.19. The summed E-state index contributed by atoms with van der Waals surface area (Å²) in [7, 11) is 1.59. The first-order chi connectivity index (χ1) is 6.90. The second kappa shape index (κ2) is 4.50. The lowest BCUT2D eigenvalue weighted by molar-refractivity contribution is 0.00755. The molecule has 0 amide bonds. The standard InChI is InChI=1S/C8H13N3O3/c1-12-5-7-10-8(14-11-7)6-4-9-2-3-13-6/h6,9H,2-5H2,1H3. The predicted molar refractivity (Wildman–Crippen MR) is 46.6 cm³/mol. The number of nitrogens with zero attached hydrogens (tertiary/aromatic N) is 2. The molecule has 1 unspecified atom stereocenters. The van der Waals surface area contributed by atoms with Crippen molar-refractivity contribution in [1.29, 1.82) is 0 Å². The summed E-state index contributed by atoms with van der Waals surface area (Å²) in [6.07, 6.45) is -0.123. The maximum absolute atomic E-state index is 5.46. The van der Waals surface area contributed by atoms with Crippen molar-refractivity contribution in [2.45, 2.75) is 12.7 Å². The quantitative estimate of drug-likeness (QED) is 0.731. The topological polar surface area (TPSA) is 69.4 Å². The van der Waals surface area contributed by atoms with E-state index in [9.17, 15) is 0 Å². The Hall–Kier alpha value is -0.980. The average Bonchev–Trinajstić information content (AvgIpc) is 2.68. The fourth-order valence-electron chi connectivity index (χ4n) is 1.31. The van der Waals surface area contributed by atoms with Crippen molar-refractivity contribution in [3.05, 3.63) is 11.7 Å². The molecule has 1 aromatic heterocycles. The van der Waals surface area contributed by atoms with Crippen LogP contribution in [-0.4, -0.2) is 36.9 Å². The molecular weight excluding hydrogens is 186 g/mol. The van der Waals surface area contributed by atoms with Gasteiger partial charge in [0.1, 0.15) is 12.7 Å². The summed E-state index contributed by atoms with van der Waals surface area (Å²) in [6, 6.07) is 0. The number of hydrogen-bond acceptors (Lipinski definition) is 6. The summed E-state index contributed by atoms with van der Waals surface area (Å²) in [5.41, 5.74) is 0. The van der Waals surface area contributed by atoms with Gasteiger partial charge in [-0.1, -0.05) is 5.16 Å². The molecule has 6 heteroatoms. The molecule has 1 aliphatic heterocycles. The zero-order valence-corrected chi connectivity index (χ0v) is 8.02. The zero-order valence-electron chi connectivity index (χ0n) is 8.02. The van der Waals surface area contributed by atoms with Crippen molar-refractivity contribution in [1.82, 2.24) is 15.5 Å². The molecule has 1 aliphatic rings. The third kappa shape index (κ3) is 2.09. The van der Waals surface area contributed by atoms with E-state index in [2.05, 4.69) is 15.5 Å². The minimum absolute atomic E-state index is 0.123. The summed E-state index contributed by atoms with van der Waals surface area (Å²) in [5.74, 6) is 1.07. The molecular formula is C8H13N3O3. The average molecular weight is 199 g/mol. The Morgan fingerprint density at radius 3 is 3.29 bits per heavy atom. The lowest BCUT2D eigenvalue weighted by Crippen LogP contribution is -2.33. The summed E-state index contributed by atoms with van der Waals surface area (Å²) < 4.78 is 15.4. The molecule has 0 bridgehead atoms. The highest BCUT2D eigenvalue weighted by atomic mass is 16.5. The second-order valence-corrected chi connectivity index (χ2v) is 3.05. The molecule has 0 aromatic carbocycles. The Kier molecular flexibility index (Phi) is 3.07. The van der Waals surface area contributed by atoms with Crippen molar-refractivity contribution in [3.8, 4) is 0 Å². The Morgan fingerprint density at radius 1 is 1.64 bits per heavy atom. The monoisotopic (exact) mass is 199 g/mol. The molecule has 1 N–H and O–H groups in total. The number of aromatic nitrogens is 2. The number of rotatable bonds is 3. The van der Waals surface area contributed by atoms with E-state index >= 15 is 0 Å². The smallest absolute Gasteiger partial charge is 0.257 e. The first-order valence-electron chi connectivity index (χ1n) is 4.54. The van der Waals surface area contributed by atoms with E-state index in [1.165, 1.54) is 0 Å². The number of hydrogen-bond donors (Lipinski definition) is 1. The van der Waals surface area contributed by atoms with Gasteiger partial charge in [-0.05, 0) is 0 Å². The minimum Gasteiger partial charge on any atom is -0.377 e. The van der Waals surface area contributed by atoms with Gasteiger partial charge in [0.15, 0.2) is 5.82 Å². The Balaban J connectivity index is 2.00. The van der Waals surface area contributed by atoms with Gasteiger partial charge in [0.2, 0.25) is 0 Å². The molecule has 1 fully saturated rings. The lowest BCUT2D eigenvalue weighted by atomic mass is 10.3. The number of morpholine rings is 1. The van der Waals surface area contributed by atoms with Gasteiger partial charge in [-0.15, -0.1) is 0 Å². The largest absolute Gasteiger partial charge is 0.377 e. The maximum Gasteiger partial charge on any atom is 0.257 e. The molecule has 1 aromatic rings. The molecule has 0 radical (unpaired) electrons. The zero-order chi connectivity index (χ0) is 9.80. The van der Waals surface area contributed by atoms with Crippen LogP contribution in [0.25, 0.3) is 0 Å². The summed E-state index contributed by atoms with van der Waals surface area (Å²) in [4.78, 5) is 4.16. The van der Waals surface area contributed by atoms with E-state index in [1.54, 1.807) is 7.11 Å². The summed E-state index contributed by atoms with van der Waals surface area (Å²) in [5, 5.41) is 6.95. The fraction of sp³-hybridized carbons (Fsp3) is 0.750. The van der Waals surface area contributed by atoms with Crippen molar-refractivity contribution >= 4 is 0 Å². The number of methoxy groups -OCH3 is 1. The highest BCUT2D eigenvalue weighted by Gasteiger charge is 2.21. The maximum atomic E-state index is 5.46. The third-order valence-corrected chi connectivity index (χ3v) is 1.96. The SMILES string of the molecule is COCc1noc(C2CNCCO2)n1. The van der Waals surface area contributed by atoms with Crippen LogP contribution in [0.5, 0.6) is 0 Å². The van der Waals surface area contributed by atoms with E-state index in [1.807, 2.05) is 0 Å². The van der Waals surface area contributed by atoms with Crippen LogP contribution in [-0.2, 0) is 16.1 Å². The van der Waals surface area contributed by atoms with Crippen molar-refractivity contribution < 1.29 is 14.0 Å². The van der Waals surface area contributed by atoms with E-state index in [4.69, 9.17) is 14.0 Å². The molecule has 2 rings (SSSR count). The predicted octanol–water partition coefficient (Wildman–Crippen LogP) is -0.123. The summed E-state index contributed by atoms with van der Waals surface area (Å²) >= 11 is 0. The molecule has 6 nitrogen and oxygen atoms in total. The van der Waals surface area contributed by atoms with E-state index in [0.717, 1.165) is 6.54 Å². The van der Waals surface area contributed by atoms with Crippen LogP contribution in [0.2, 0.25) is 0 Å². The molecule has 0 aliphatic carbocycles. The van der Waals surface area contributed by atoms with Gasteiger partial charge in [0, 0.05) is 20.2 Å². The Morgan fingerprint density at radius 2 is 2.57 bits per heavy atom. The van der Waals surface area contributed by atoms with Crippen LogP contribution in [0.3, 0.4) is 0 Å². The molecule has 78 valence electrons. The van der Waals surface area contributed by atoms with Crippen molar-refractivity contribution in [2.24, 2.45) is 0 Å². The first-order valence-corrected chi connectivity index (χ1v) is 4.54. The van der Waals surface area contributed by atoms with E-state index in [0.29, 0.717) is 31.5 Å². The molecule has 0 saturated carbocycles. The molecule has 0 spiro atoms. The molecule has 14 heavy (non-hydrogen) atoms. The number of ether oxygens (including phenoxy) is 2. The molecule has 1 atom stereocenters. The van der Waals surface area contributed by atoms with E-state index < -0.39 is 0 Å². The van der Waals surface area contributed by atoms with E-state index in [-0.39, 0.29) is 6.10 Å². The molecule has 1 saturated heterocycles. The van der Waals surface area contributed by atoms with Crippen molar-refractivity contribution in [3.63, 3.8) is 0 Å². The van der Waals surface area contributed by atoms with Gasteiger partial charge in [0.05, 0.1) is 6.61 Å². The highest BCUT2D eigenvalue weighted by Crippen LogP contribution is 2.16. The van der Waals surface area contributed by atoms with Gasteiger partial charge in [-0.3, -0.25) is 0 Å². The van der Waals surface area contributed by atoms with Crippen LogP contribution < -0.4 is 5.32 Å². The van der Waals surface area contributed by atoms with Gasteiger partial charge in [-0.2, -0.15) is 4.98 Å². The third-order valence-electron chi connectivity index (χ3n) is 1.96. The van der Waals surface area contributed by atoms with Gasteiger partial charge < -0.3 is 19.3 Å². The van der Waals surface area contributed by atoms with Crippen LogP contribution in [0.1, 0.15) is 17.8 Å².